The number of methoxy groups -OCH3 is 1. The minimum atomic E-state index is -3.56. The zero-order chi connectivity index (χ0) is 20.6. The molecule has 1 aromatic heterocycles. The highest BCUT2D eigenvalue weighted by atomic mass is 32.2. The number of rotatable bonds is 5. The number of ether oxygens (including phenoxy) is 1. The maximum absolute atomic E-state index is 13.0. The van der Waals surface area contributed by atoms with Gasteiger partial charge in [0.1, 0.15) is 5.75 Å². The van der Waals surface area contributed by atoms with Gasteiger partial charge in [0, 0.05) is 29.6 Å². The number of aromatic nitrogens is 1. The van der Waals surface area contributed by atoms with E-state index in [-0.39, 0.29) is 4.90 Å². The summed E-state index contributed by atoms with van der Waals surface area (Å²) in [6, 6.07) is 10.6. The van der Waals surface area contributed by atoms with E-state index in [1.54, 1.807) is 29.6 Å². The van der Waals surface area contributed by atoms with Crippen molar-refractivity contribution in [3.63, 3.8) is 0 Å². The summed E-state index contributed by atoms with van der Waals surface area (Å²) in [4.78, 5) is 15.4. The van der Waals surface area contributed by atoms with Crippen LogP contribution in [0.4, 0.5) is 0 Å². The van der Waals surface area contributed by atoms with Crippen LogP contribution in [0.1, 0.15) is 35.2 Å². The summed E-state index contributed by atoms with van der Waals surface area (Å²) < 4.78 is 32.9. The van der Waals surface area contributed by atoms with Crippen molar-refractivity contribution in [3.05, 3.63) is 47.5 Å². The molecule has 0 amide bonds. The average molecular weight is 413 g/mol. The molecule has 1 aliphatic heterocycles. The van der Waals surface area contributed by atoms with Crippen LogP contribution in [0.25, 0.3) is 22.2 Å². The number of sulfonamides is 1. The van der Waals surface area contributed by atoms with Gasteiger partial charge in [-0.15, -0.1) is 0 Å². The quantitative estimate of drug-likeness (QED) is 0.639. The molecule has 1 saturated heterocycles. The number of piperidine rings is 1. The van der Waals surface area contributed by atoms with E-state index in [1.807, 2.05) is 25.1 Å². The van der Waals surface area contributed by atoms with Crippen LogP contribution in [0.15, 0.2) is 41.3 Å². The monoisotopic (exact) mass is 412 g/mol. The molecule has 0 unspecified atom stereocenters. The average Bonchev–Trinajstić information content (AvgIpc) is 3.12. The summed E-state index contributed by atoms with van der Waals surface area (Å²) in [5.41, 5.74) is 3.66. The Labute approximate surface area is 170 Å². The van der Waals surface area contributed by atoms with Crippen LogP contribution in [0.3, 0.4) is 0 Å². The highest BCUT2D eigenvalue weighted by Crippen LogP contribution is 2.33. The molecule has 4 rings (SSSR count). The molecule has 1 aliphatic rings. The molecule has 0 bridgehead atoms. The van der Waals surface area contributed by atoms with Gasteiger partial charge in [0.05, 0.1) is 17.7 Å². The van der Waals surface area contributed by atoms with E-state index in [9.17, 15) is 13.2 Å². The van der Waals surface area contributed by atoms with E-state index in [0.717, 1.165) is 47.9 Å². The summed E-state index contributed by atoms with van der Waals surface area (Å²) in [5.74, 6) is 0.771. The van der Waals surface area contributed by atoms with Gasteiger partial charge in [0.15, 0.2) is 6.29 Å². The number of fused-ring (bicyclic) bond motifs is 1. The summed E-state index contributed by atoms with van der Waals surface area (Å²) >= 11 is 0. The summed E-state index contributed by atoms with van der Waals surface area (Å²) in [6.07, 6.45) is 3.60. The third kappa shape index (κ3) is 3.45. The number of aryl methyl sites for hydroxylation is 1. The normalized spacial score (nSPS) is 15.5. The number of aromatic amines is 1. The molecule has 152 valence electrons. The number of benzene rings is 2. The third-order valence-corrected chi connectivity index (χ3v) is 7.46. The fourth-order valence-electron chi connectivity index (χ4n) is 3.99. The lowest BCUT2D eigenvalue weighted by molar-refractivity contribution is 0.112. The second kappa shape index (κ2) is 7.65. The lowest BCUT2D eigenvalue weighted by Crippen LogP contribution is -2.35. The van der Waals surface area contributed by atoms with E-state index < -0.39 is 10.0 Å². The van der Waals surface area contributed by atoms with Crippen LogP contribution in [-0.4, -0.2) is 44.2 Å². The molecule has 2 heterocycles. The van der Waals surface area contributed by atoms with Gasteiger partial charge >= 0.3 is 0 Å². The lowest BCUT2D eigenvalue weighted by atomic mass is 10.0. The van der Waals surface area contributed by atoms with Gasteiger partial charge in [-0.2, -0.15) is 4.31 Å². The Bertz CT molecular complexity index is 1170. The minimum Gasteiger partial charge on any atom is -0.496 e. The molecule has 3 aromatic rings. The van der Waals surface area contributed by atoms with Crippen molar-refractivity contribution in [1.82, 2.24) is 9.29 Å². The molecule has 0 atom stereocenters. The van der Waals surface area contributed by atoms with Crippen molar-refractivity contribution in [2.45, 2.75) is 31.1 Å². The summed E-state index contributed by atoms with van der Waals surface area (Å²) in [5, 5.41) is 0.613. The number of carbonyl (C=O) groups excluding carboxylic acids is 1. The Balaban J connectivity index is 1.82. The third-order valence-electron chi connectivity index (χ3n) is 5.56. The molecule has 0 saturated carbocycles. The number of nitrogens with zero attached hydrogens (tertiary/aromatic N) is 1. The molecule has 0 radical (unpaired) electrons. The fourth-order valence-corrected chi connectivity index (χ4v) is 5.53. The molecule has 0 spiro atoms. The number of H-pyrrole nitrogens is 1. The van der Waals surface area contributed by atoms with Gasteiger partial charge in [-0.1, -0.05) is 6.42 Å². The number of hydrogen-bond acceptors (Lipinski definition) is 4. The predicted molar refractivity (Wildman–Crippen MR) is 113 cm³/mol. The molecule has 2 aromatic carbocycles. The predicted octanol–water partition coefficient (Wildman–Crippen LogP) is 4.14. The van der Waals surface area contributed by atoms with Gasteiger partial charge in [-0.25, -0.2) is 8.42 Å². The number of carbonyl (C=O) groups is 1. The van der Waals surface area contributed by atoms with Crippen LogP contribution in [0, 0.1) is 6.92 Å². The highest BCUT2D eigenvalue weighted by Gasteiger charge is 2.27. The van der Waals surface area contributed by atoms with Crippen molar-refractivity contribution in [2.24, 2.45) is 0 Å². The van der Waals surface area contributed by atoms with E-state index in [2.05, 4.69) is 4.98 Å². The molecule has 1 N–H and O–H groups in total. The Hall–Kier alpha value is -2.64. The van der Waals surface area contributed by atoms with Crippen LogP contribution < -0.4 is 4.74 Å². The first-order chi connectivity index (χ1) is 14.0. The summed E-state index contributed by atoms with van der Waals surface area (Å²) in [7, 11) is -1.95. The number of aldehydes is 1. The molecule has 6 nitrogen and oxygen atoms in total. The maximum Gasteiger partial charge on any atom is 0.243 e. The molecule has 1 fully saturated rings. The Morgan fingerprint density at radius 2 is 1.83 bits per heavy atom. The topological polar surface area (TPSA) is 79.5 Å². The standard InChI is InChI=1S/C22H24N2O4S/c1-15-12-16(6-9-21(15)28-2)22-19(14-25)18-13-17(7-8-20(18)23-22)29(26,27)24-10-4-3-5-11-24/h6-9,12-14,23H,3-5,10-11H2,1-2H3. The Morgan fingerprint density at radius 1 is 1.07 bits per heavy atom. The van der Waals surface area contributed by atoms with Crippen molar-refractivity contribution >= 4 is 27.2 Å². The zero-order valence-corrected chi connectivity index (χ0v) is 17.4. The summed E-state index contributed by atoms with van der Waals surface area (Å²) in [6.45, 7) is 3.03. The Morgan fingerprint density at radius 3 is 2.48 bits per heavy atom. The van der Waals surface area contributed by atoms with Gasteiger partial charge < -0.3 is 9.72 Å². The lowest BCUT2D eigenvalue weighted by Gasteiger charge is -2.25. The molecule has 7 heteroatoms. The van der Waals surface area contributed by atoms with E-state index in [4.69, 9.17) is 4.74 Å². The minimum absolute atomic E-state index is 0.228. The van der Waals surface area contributed by atoms with Crippen LogP contribution >= 0.6 is 0 Å². The fraction of sp³-hybridized carbons (Fsp3) is 0.318. The second-order valence-electron chi connectivity index (χ2n) is 7.39. The van der Waals surface area contributed by atoms with Crippen molar-refractivity contribution in [1.29, 1.82) is 0 Å². The first-order valence-corrected chi connectivity index (χ1v) is 11.2. The van der Waals surface area contributed by atoms with Crippen LogP contribution in [0.5, 0.6) is 5.75 Å². The van der Waals surface area contributed by atoms with Crippen LogP contribution in [-0.2, 0) is 10.0 Å². The van der Waals surface area contributed by atoms with E-state index >= 15 is 0 Å². The van der Waals surface area contributed by atoms with Gasteiger partial charge in [0.2, 0.25) is 10.0 Å². The van der Waals surface area contributed by atoms with Crippen molar-refractivity contribution in [2.75, 3.05) is 20.2 Å². The first-order valence-electron chi connectivity index (χ1n) is 9.72. The Kier molecular flexibility index (Phi) is 5.19. The largest absolute Gasteiger partial charge is 0.496 e. The number of nitrogens with one attached hydrogen (secondary N) is 1. The van der Waals surface area contributed by atoms with E-state index in [0.29, 0.717) is 29.7 Å². The van der Waals surface area contributed by atoms with Crippen LogP contribution in [0.2, 0.25) is 0 Å². The van der Waals surface area contributed by atoms with Crippen molar-refractivity contribution < 1.29 is 17.9 Å². The second-order valence-corrected chi connectivity index (χ2v) is 9.33. The first kappa shape index (κ1) is 19.7. The molecule has 0 aliphatic carbocycles. The van der Waals surface area contributed by atoms with Gasteiger partial charge in [0.25, 0.3) is 0 Å². The SMILES string of the molecule is COc1ccc(-c2[nH]c3ccc(S(=O)(=O)N4CCCCC4)cc3c2C=O)cc1C. The molecular formula is C22H24N2O4S. The van der Waals surface area contributed by atoms with Gasteiger partial charge in [-0.3, -0.25) is 4.79 Å². The van der Waals surface area contributed by atoms with E-state index in [1.165, 1.54) is 0 Å². The number of hydrogen-bond donors (Lipinski definition) is 1. The zero-order valence-electron chi connectivity index (χ0n) is 16.6. The molecular weight excluding hydrogens is 388 g/mol. The van der Waals surface area contributed by atoms with Gasteiger partial charge in [-0.05, 0) is 67.3 Å². The smallest absolute Gasteiger partial charge is 0.243 e. The van der Waals surface area contributed by atoms with Crippen molar-refractivity contribution in [3.8, 4) is 17.0 Å². The maximum atomic E-state index is 13.0. The molecule has 29 heavy (non-hydrogen) atoms. The highest BCUT2D eigenvalue weighted by molar-refractivity contribution is 7.89.